The fourth-order valence-electron chi connectivity index (χ4n) is 1.62. The lowest BCUT2D eigenvalue weighted by molar-refractivity contribution is 0.500. The van der Waals surface area contributed by atoms with E-state index >= 15 is 0 Å². The summed E-state index contributed by atoms with van der Waals surface area (Å²) in [6.45, 7) is 4.53. The van der Waals surface area contributed by atoms with Crippen molar-refractivity contribution in [1.82, 2.24) is 10.3 Å². The molecule has 2 rings (SSSR count). The summed E-state index contributed by atoms with van der Waals surface area (Å²) in [5, 5.41) is 4.22. The Balaban J connectivity index is 1.99. The van der Waals surface area contributed by atoms with E-state index in [4.69, 9.17) is 0 Å². The van der Waals surface area contributed by atoms with E-state index in [1.165, 1.54) is 6.07 Å². The highest BCUT2D eigenvalue weighted by molar-refractivity contribution is 7.11. The molecule has 2 nitrogen and oxygen atoms in total. The fourth-order valence-corrected chi connectivity index (χ4v) is 2.36. The molecule has 1 aromatic heterocycles. The lowest BCUT2D eigenvalue weighted by Gasteiger charge is -2.13. The van der Waals surface area contributed by atoms with Crippen LogP contribution in [0.2, 0.25) is 0 Å². The summed E-state index contributed by atoms with van der Waals surface area (Å²) in [6.07, 6.45) is 1.82. The third kappa shape index (κ3) is 3.11. The summed E-state index contributed by atoms with van der Waals surface area (Å²) in [6, 6.07) is 3.91. The van der Waals surface area contributed by atoms with Gasteiger partial charge < -0.3 is 5.32 Å². The molecule has 1 unspecified atom stereocenters. The third-order valence-corrected chi connectivity index (χ3v) is 3.59. The van der Waals surface area contributed by atoms with Gasteiger partial charge in [-0.3, -0.25) is 0 Å². The van der Waals surface area contributed by atoms with Gasteiger partial charge in [-0.25, -0.2) is 13.8 Å². The minimum absolute atomic E-state index is 0.0516. The van der Waals surface area contributed by atoms with Crippen molar-refractivity contribution in [3.8, 4) is 0 Å². The standard InChI is InChI=1S/C13H14F2N2S/c1-8-6-17-13(18-8)7-16-9(2)10-3-4-11(14)12(15)5-10/h3-6,9,16H,7H2,1-2H3. The number of aryl methyl sites for hydroxylation is 1. The maximum absolute atomic E-state index is 13.1. The first-order valence-corrected chi connectivity index (χ1v) is 6.47. The highest BCUT2D eigenvalue weighted by atomic mass is 32.1. The number of aromatic nitrogens is 1. The Bertz CT molecular complexity index is 540. The summed E-state index contributed by atoms with van der Waals surface area (Å²) in [5.41, 5.74) is 0.724. The van der Waals surface area contributed by atoms with Gasteiger partial charge in [0.25, 0.3) is 0 Å². The Labute approximate surface area is 109 Å². The Morgan fingerprint density at radius 1 is 1.33 bits per heavy atom. The molecule has 2 aromatic rings. The molecule has 0 radical (unpaired) electrons. The van der Waals surface area contributed by atoms with Gasteiger partial charge in [-0.1, -0.05) is 6.07 Å². The molecule has 0 bridgehead atoms. The number of nitrogens with one attached hydrogen (secondary N) is 1. The molecule has 1 N–H and O–H groups in total. The summed E-state index contributed by atoms with van der Waals surface area (Å²) < 4.78 is 25.9. The van der Waals surface area contributed by atoms with E-state index in [0.29, 0.717) is 6.54 Å². The molecule has 1 atom stereocenters. The van der Waals surface area contributed by atoms with Gasteiger partial charge in [-0.2, -0.15) is 0 Å². The molecule has 0 fully saturated rings. The van der Waals surface area contributed by atoms with Gasteiger partial charge in [0.05, 0.1) is 0 Å². The van der Waals surface area contributed by atoms with Crippen molar-refractivity contribution < 1.29 is 8.78 Å². The van der Waals surface area contributed by atoms with Crippen molar-refractivity contribution in [3.63, 3.8) is 0 Å². The first-order chi connectivity index (χ1) is 8.56. The van der Waals surface area contributed by atoms with Crippen LogP contribution in [-0.4, -0.2) is 4.98 Å². The zero-order valence-electron chi connectivity index (χ0n) is 10.2. The molecule has 0 saturated heterocycles. The SMILES string of the molecule is Cc1cnc(CNC(C)c2ccc(F)c(F)c2)s1. The number of benzene rings is 1. The van der Waals surface area contributed by atoms with Crippen LogP contribution in [0.15, 0.2) is 24.4 Å². The maximum atomic E-state index is 13.1. The van der Waals surface area contributed by atoms with E-state index < -0.39 is 11.6 Å². The second-order valence-electron chi connectivity index (χ2n) is 4.14. The topological polar surface area (TPSA) is 24.9 Å². The van der Waals surface area contributed by atoms with E-state index in [1.807, 2.05) is 20.0 Å². The molecule has 0 spiro atoms. The Kier molecular flexibility index (Phi) is 4.04. The van der Waals surface area contributed by atoms with Gasteiger partial charge >= 0.3 is 0 Å². The Morgan fingerprint density at radius 2 is 2.11 bits per heavy atom. The monoisotopic (exact) mass is 268 g/mol. The Morgan fingerprint density at radius 3 is 2.72 bits per heavy atom. The predicted molar refractivity (Wildman–Crippen MR) is 68.5 cm³/mol. The van der Waals surface area contributed by atoms with Crippen molar-refractivity contribution in [2.75, 3.05) is 0 Å². The molecular weight excluding hydrogens is 254 g/mol. The van der Waals surface area contributed by atoms with Crippen molar-refractivity contribution in [2.45, 2.75) is 26.4 Å². The zero-order chi connectivity index (χ0) is 13.1. The van der Waals surface area contributed by atoms with Crippen molar-refractivity contribution >= 4 is 11.3 Å². The number of rotatable bonds is 4. The van der Waals surface area contributed by atoms with Crippen LogP contribution >= 0.6 is 11.3 Å². The number of nitrogens with zero attached hydrogens (tertiary/aromatic N) is 1. The molecule has 5 heteroatoms. The average molecular weight is 268 g/mol. The van der Waals surface area contributed by atoms with E-state index in [9.17, 15) is 8.78 Å². The third-order valence-electron chi connectivity index (χ3n) is 2.67. The molecular formula is C13H14F2N2S. The summed E-state index contributed by atoms with van der Waals surface area (Å²) in [4.78, 5) is 5.39. The highest BCUT2D eigenvalue weighted by Gasteiger charge is 2.09. The van der Waals surface area contributed by atoms with Crippen LogP contribution in [0, 0.1) is 18.6 Å². The normalized spacial score (nSPS) is 12.7. The molecule has 96 valence electrons. The molecule has 0 saturated carbocycles. The van der Waals surface area contributed by atoms with Crippen molar-refractivity contribution in [1.29, 1.82) is 0 Å². The average Bonchev–Trinajstić information content (AvgIpc) is 2.75. The van der Waals surface area contributed by atoms with Gasteiger partial charge in [-0.05, 0) is 31.5 Å². The van der Waals surface area contributed by atoms with Crippen LogP contribution in [0.1, 0.15) is 28.4 Å². The summed E-state index contributed by atoms with van der Waals surface area (Å²) in [5.74, 6) is -1.63. The summed E-state index contributed by atoms with van der Waals surface area (Å²) >= 11 is 1.62. The van der Waals surface area contributed by atoms with E-state index in [1.54, 1.807) is 17.4 Å². The fraction of sp³-hybridized carbons (Fsp3) is 0.308. The molecule has 0 aliphatic rings. The van der Waals surface area contributed by atoms with Crippen LogP contribution < -0.4 is 5.32 Å². The largest absolute Gasteiger partial charge is 0.304 e. The smallest absolute Gasteiger partial charge is 0.159 e. The van der Waals surface area contributed by atoms with Gasteiger partial charge in [0.1, 0.15) is 5.01 Å². The minimum Gasteiger partial charge on any atom is -0.304 e. The van der Waals surface area contributed by atoms with E-state index in [0.717, 1.165) is 21.5 Å². The van der Waals surface area contributed by atoms with Crippen LogP contribution in [0.4, 0.5) is 8.78 Å². The van der Waals surface area contributed by atoms with Crippen LogP contribution in [0.3, 0.4) is 0 Å². The highest BCUT2D eigenvalue weighted by Crippen LogP contribution is 2.17. The first kappa shape index (κ1) is 13.1. The van der Waals surface area contributed by atoms with Crippen molar-refractivity contribution in [3.05, 3.63) is 51.5 Å². The van der Waals surface area contributed by atoms with Gasteiger partial charge in [-0.15, -0.1) is 11.3 Å². The second-order valence-corrected chi connectivity index (χ2v) is 5.46. The lowest BCUT2D eigenvalue weighted by atomic mass is 10.1. The van der Waals surface area contributed by atoms with Crippen LogP contribution in [-0.2, 0) is 6.54 Å². The van der Waals surface area contributed by atoms with E-state index in [2.05, 4.69) is 10.3 Å². The second kappa shape index (κ2) is 5.54. The maximum Gasteiger partial charge on any atom is 0.159 e. The number of thiazole rings is 1. The lowest BCUT2D eigenvalue weighted by Crippen LogP contribution is -2.18. The van der Waals surface area contributed by atoms with Crippen molar-refractivity contribution in [2.24, 2.45) is 0 Å². The Hall–Kier alpha value is -1.33. The first-order valence-electron chi connectivity index (χ1n) is 5.66. The molecule has 18 heavy (non-hydrogen) atoms. The molecule has 1 heterocycles. The molecule has 0 aliphatic carbocycles. The molecule has 0 amide bonds. The number of halogens is 2. The quantitative estimate of drug-likeness (QED) is 0.916. The summed E-state index contributed by atoms with van der Waals surface area (Å²) in [7, 11) is 0. The van der Waals surface area contributed by atoms with Gasteiger partial charge in [0.2, 0.25) is 0 Å². The number of hydrogen-bond donors (Lipinski definition) is 1. The van der Waals surface area contributed by atoms with Crippen LogP contribution in [0.5, 0.6) is 0 Å². The van der Waals surface area contributed by atoms with E-state index in [-0.39, 0.29) is 6.04 Å². The minimum atomic E-state index is -0.818. The molecule has 1 aromatic carbocycles. The van der Waals surface area contributed by atoms with Crippen LogP contribution in [0.25, 0.3) is 0 Å². The molecule has 0 aliphatic heterocycles. The van der Waals surface area contributed by atoms with Gasteiger partial charge in [0, 0.05) is 23.7 Å². The number of hydrogen-bond acceptors (Lipinski definition) is 3. The zero-order valence-corrected chi connectivity index (χ0v) is 11.0. The van der Waals surface area contributed by atoms with Gasteiger partial charge in [0.15, 0.2) is 11.6 Å². The predicted octanol–water partition coefficient (Wildman–Crippen LogP) is 3.58.